The van der Waals surface area contributed by atoms with E-state index in [1.165, 1.54) is 11.4 Å². The van der Waals surface area contributed by atoms with Crippen LogP contribution in [0.3, 0.4) is 0 Å². The second-order valence-electron chi connectivity index (χ2n) is 5.40. The van der Waals surface area contributed by atoms with Gasteiger partial charge in [0.25, 0.3) is 0 Å². The fourth-order valence-corrected chi connectivity index (χ4v) is 1.92. The van der Waals surface area contributed by atoms with Gasteiger partial charge < -0.3 is 0 Å². The zero-order chi connectivity index (χ0) is 12.1. The lowest BCUT2D eigenvalue weighted by molar-refractivity contribution is 0.524. The molecule has 3 nitrogen and oxygen atoms in total. The molecule has 0 atom stereocenters. The van der Waals surface area contributed by atoms with Crippen LogP contribution in [0.15, 0.2) is 0 Å². The molecule has 0 spiro atoms. The van der Waals surface area contributed by atoms with Gasteiger partial charge in [0.2, 0.25) is 0 Å². The number of aromatic nitrogens is 3. The molecule has 1 rings (SSSR count). The van der Waals surface area contributed by atoms with Gasteiger partial charge in [-0.1, -0.05) is 39.8 Å². The first-order chi connectivity index (χ1) is 7.54. The van der Waals surface area contributed by atoms with Crippen molar-refractivity contribution >= 4 is 0 Å². The van der Waals surface area contributed by atoms with Crippen molar-refractivity contribution in [2.24, 2.45) is 11.8 Å². The fourth-order valence-electron chi connectivity index (χ4n) is 1.92. The van der Waals surface area contributed by atoms with Gasteiger partial charge in [0.1, 0.15) is 0 Å². The molecule has 1 heterocycles. The monoisotopic (exact) mass is 223 g/mol. The van der Waals surface area contributed by atoms with Crippen molar-refractivity contribution in [3.8, 4) is 0 Å². The summed E-state index contributed by atoms with van der Waals surface area (Å²) < 4.78 is 2.09. The fraction of sp³-hybridized carbons (Fsp3) is 0.846. The lowest BCUT2D eigenvalue weighted by Crippen LogP contribution is -2.09. The van der Waals surface area contributed by atoms with Crippen LogP contribution in [0.4, 0.5) is 0 Å². The second kappa shape index (κ2) is 6.02. The van der Waals surface area contributed by atoms with Crippen molar-refractivity contribution in [2.45, 2.75) is 60.4 Å². The summed E-state index contributed by atoms with van der Waals surface area (Å²) in [6.45, 7) is 12.1. The number of nitrogens with zero attached hydrogens (tertiary/aromatic N) is 3. The van der Waals surface area contributed by atoms with Gasteiger partial charge in [-0.15, -0.1) is 5.10 Å². The van der Waals surface area contributed by atoms with E-state index >= 15 is 0 Å². The van der Waals surface area contributed by atoms with Crippen LogP contribution in [0.1, 0.15) is 52.4 Å². The van der Waals surface area contributed by atoms with E-state index in [1.807, 2.05) is 0 Å². The third-order valence-electron chi connectivity index (χ3n) is 2.56. The van der Waals surface area contributed by atoms with Crippen LogP contribution in [0, 0.1) is 11.8 Å². The highest BCUT2D eigenvalue weighted by Crippen LogP contribution is 2.15. The molecule has 0 aromatic carbocycles. The van der Waals surface area contributed by atoms with E-state index in [4.69, 9.17) is 0 Å². The van der Waals surface area contributed by atoms with Crippen LogP contribution >= 0.6 is 0 Å². The summed E-state index contributed by atoms with van der Waals surface area (Å²) in [5.41, 5.74) is 2.56. The lowest BCUT2D eigenvalue weighted by Gasteiger charge is -2.10. The normalized spacial score (nSPS) is 11.7. The van der Waals surface area contributed by atoms with Gasteiger partial charge in [0.15, 0.2) is 0 Å². The molecular formula is C13H25N3. The Hall–Kier alpha value is -0.860. The smallest absolute Gasteiger partial charge is 0.0861 e. The molecular weight excluding hydrogens is 198 g/mol. The Labute approximate surface area is 99.2 Å². The van der Waals surface area contributed by atoms with Gasteiger partial charge >= 0.3 is 0 Å². The van der Waals surface area contributed by atoms with Crippen LogP contribution in [-0.4, -0.2) is 15.0 Å². The van der Waals surface area contributed by atoms with E-state index in [0.717, 1.165) is 25.8 Å². The molecule has 0 aliphatic carbocycles. The second-order valence-corrected chi connectivity index (χ2v) is 5.40. The van der Waals surface area contributed by atoms with Gasteiger partial charge in [-0.3, -0.25) is 0 Å². The molecule has 0 amide bonds. The summed E-state index contributed by atoms with van der Waals surface area (Å²) in [7, 11) is 0. The molecule has 0 saturated heterocycles. The summed E-state index contributed by atoms with van der Waals surface area (Å²) in [6, 6.07) is 0. The summed E-state index contributed by atoms with van der Waals surface area (Å²) in [6.07, 6.45) is 3.26. The highest BCUT2D eigenvalue weighted by Gasteiger charge is 2.14. The van der Waals surface area contributed by atoms with E-state index in [9.17, 15) is 0 Å². The molecule has 0 bridgehead atoms. The minimum Gasteiger partial charge on any atom is -0.249 e. The quantitative estimate of drug-likeness (QED) is 0.742. The molecule has 16 heavy (non-hydrogen) atoms. The third-order valence-corrected chi connectivity index (χ3v) is 2.56. The first-order valence-electron chi connectivity index (χ1n) is 6.45. The number of rotatable bonds is 6. The van der Waals surface area contributed by atoms with Crippen molar-refractivity contribution in [2.75, 3.05) is 0 Å². The van der Waals surface area contributed by atoms with Crippen LogP contribution < -0.4 is 0 Å². The zero-order valence-corrected chi connectivity index (χ0v) is 11.3. The molecule has 0 N–H and O–H groups in total. The number of hydrogen-bond donors (Lipinski definition) is 0. The van der Waals surface area contributed by atoms with E-state index in [2.05, 4.69) is 49.6 Å². The SMILES string of the molecule is CCCn1nnc(CC(C)C)c1CC(C)C. The van der Waals surface area contributed by atoms with E-state index in [-0.39, 0.29) is 0 Å². The van der Waals surface area contributed by atoms with Crippen molar-refractivity contribution in [1.29, 1.82) is 0 Å². The van der Waals surface area contributed by atoms with Crippen LogP contribution in [-0.2, 0) is 19.4 Å². The zero-order valence-electron chi connectivity index (χ0n) is 11.3. The Morgan fingerprint density at radius 2 is 1.69 bits per heavy atom. The van der Waals surface area contributed by atoms with Gasteiger partial charge in [0.05, 0.1) is 11.4 Å². The average molecular weight is 223 g/mol. The minimum absolute atomic E-state index is 0.651. The third kappa shape index (κ3) is 3.62. The molecule has 0 fully saturated rings. The highest BCUT2D eigenvalue weighted by molar-refractivity contribution is 5.11. The molecule has 3 heteroatoms. The number of aryl methyl sites for hydroxylation is 1. The molecule has 0 aliphatic heterocycles. The maximum Gasteiger partial charge on any atom is 0.0861 e. The van der Waals surface area contributed by atoms with Crippen LogP contribution in [0.25, 0.3) is 0 Å². The Kier molecular flexibility index (Phi) is 4.97. The maximum absolute atomic E-state index is 4.34. The molecule has 1 aromatic heterocycles. The van der Waals surface area contributed by atoms with Crippen molar-refractivity contribution < 1.29 is 0 Å². The van der Waals surface area contributed by atoms with Gasteiger partial charge in [0, 0.05) is 6.54 Å². The van der Waals surface area contributed by atoms with Gasteiger partial charge in [-0.05, 0) is 31.1 Å². The molecule has 0 saturated carbocycles. The summed E-state index contributed by atoms with van der Waals surface area (Å²) >= 11 is 0. The highest BCUT2D eigenvalue weighted by atomic mass is 15.4. The van der Waals surface area contributed by atoms with Crippen molar-refractivity contribution in [1.82, 2.24) is 15.0 Å². The lowest BCUT2D eigenvalue weighted by atomic mass is 10.0. The average Bonchev–Trinajstić information content (AvgIpc) is 2.49. The predicted molar refractivity (Wildman–Crippen MR) is 67.4 cm³/mol. The largest absolute Gasteiger partial charge is 0.249 e. The van der Waals surface area contributed by atoms with E-state index in [1.54, 1.807) is 0 Å². The summed E-state index contributed by atoms with van der Waals surface area (Å²) in [4.78, 5) is 0. The Balaban J connectivity index is 2.89. The Morgan fingerprint density at radius 3 is 2.19 bits per heavy atom. The Morgan fingerprint density at radius 1 is 1.06 bits per heavy atom. The topological polar surface area (TPSA) is 30.7 Å². The molecule has 0 aliphatic rings. The van der Waals surface area contributed by atoms with E-state index in [0.29, 0.717) is 11.8 Å². The first kappa shape index (κ1) is 13.2. The first-order valence-corrected chi connectivity index (χ1v) is 6.45. The van der Waals surface area contributed by atoms with E-state index < -0.39 is 0 Å². The molecule has 0 radical (unpaired) electrons. The standard InChI is InChI=1S/C13H25N3/c1-6-7-16-13(9-11(4)5)12(14-15-16)8-10(2)3/h10-11H,6-9H2,1-5H3. The maximum atomic E-state index is 4.34. The van der Waals surface area contributed by atoms with Crippen molar-refractivity contribution in [3.05, 3.63) is 11.4 Å². The molecule has 0 unspecified atom stereocenters. The summed E-state index contributed by atoms with van der Waals surface area (Å²) in [5.74, 6) is 1.32. The minimum atomic E-state index is 0.651. The van der Waals surface area contributed by atoms with Gasteiger partial charge in [-0.2, -0.15) is 0 Å². The van der Waals surface area contributed by atoms with Gasteiger partial charge in [-0.25, -0.2) is 4.68 Å². The summed E-state index contributed by atoms with van der Waals surface area (Å²) in [5, 5.41) is 8.62. The van der Waals surface area contributed by atoms with Crippen molar-refractivity contribution in [3.63, 3.8) is 0 Å². The molecule has 1 aromatic rings. The van der Waals surface area contributed by atoms with Crippen LogP contribution in [0.2, 0.25) is 0 Å². The Bertz CT molecular complexity index is 313. The predicted octanol–water partition coefficient (Wildman–Crippen LogP) is 3.09. The van der Waals surface area contributed by atoms with Crippen LogP contribution in [0.5, 0.6) is 0 Å². The number of hydrogen-bond acceptors (Lipinski definition) is 2. The molecule has 92 valence electrons.